The van der Waals surface area contributed by atoms with Crippen LogP contribution in [0.4, 0.5) is 0 Å². The minimum absolute atomic E-state index is 0.563. The molecule has 0 fully saturated rings. The highest BCUT2D eigenvalue weighted by molar-refractivity contribution is 6.19. The maximum atomic E-state index is 6.70. The SMILES string of the molecule is c1ccc(-c2nc(-c3ccc4c(c3)c3ccccc3n4-c3ccccc3)nc(-c3cccc4oc5ccc(-c6cccc7oc8cccc(-n9c%10ccccc%10c%10ccccc%109)c8c67)cc5c34)n2)cc1. The fourth-order valence-electron chi connectivity index (χ4n) is 10.9. The molecule has 15 rings (SSSR count). The summed E-state index contributed by atoms with van der Waals surface area (Å²) in [4.78, 5) is 15.7. The summed E-state index contributed by atoms with van der Waals surface area (Å²) in [6.45, 7) is 0. The highest BCUT2D eigenvalue weighted by Gasteiger charge is 2.23. The Labute approximate surface area is 399 Å². The van der Waals surface area contributed by atoms with Gasteiger partial charge in [-0.1, -0.05) is 140 Å². The van der Waals surface area contributed by atoms with Crippen LogP contribution in [0.15, 0.2) is 233 Å². The summed E-state index contributed by atoms with van der Waals surface area (Å²) in [5, 5.41) is 8.73. The van der Waals surface area contributed by atoms with Gasteiger partial charge in [0, 0.05) is 60.1 Å². The van der Waals surface area contributed by atoms with Crippen molar-refractivity contribution in [1.82, 2.24) is 24.1 Å². The zero-order valence-electron chi connectivity index (χ0n) is 37.4. The molecule has 0 N–H and O–H groups in total. The van der Waals surface area contributed by atoms with Crippen molar-refractivity contribution < 1.29 is 8.83 Å². The number of benzene rings is 10. The van der Waals surface area contributed by atoms with Crippen molar-refractivity contribution in [2.75, 3.05) is 0 Å². The van der Waals surface area contributed by atoms with Gasteiger partial charge in [-0.15, -0.1) is 0 Å². The maximum absolute atomic E-state index is 6.70. The number of hydrogen-bond acceptors (Lipinski definition) is 5. The van der Waals surface area contributed by atoms with Gasteiger partial charge in [-0.05, 0) is 96.1 Å². The summed E-state index contributed by atoms with van der Waals surface area (Å²) in [7, 11) is 0. The molecule has 0 aliphatic rings. The van der Waals surface area contributed by atoms with Crippen LogP contribution >= 0.6 is 0 Å². The number of aromatic nitrogens is 5. The lowest BCUT2D eigenvalue weighted by Gasteiger charge is -2.11. The summed E-state index contributed by atoms with van der Waals surface area (Å²) in [5.74, 6) is 1.74. The lowest BCUT2D eigenvalue weighted by atomic mass is 9.96. The number of rotatable bonds is 6. The molecule has 0 aliphatic carbocycles. The molecule has 326 valence electrons. The Morgan fingerprint density at radius 3 is 1.53 bits per heavy atom. The molecule has 10 aromatic carbocycles. The molecule has 7 heteroatoms. The van der Waals surface area contributed by atoms with E-state index in [1.165, 1.54) is 10.8 Å². The van der Waals surface area contributed by atoms with Crippen molar-refractivity contribution in [2.24, 2.45) is 0 Å². The molecule has 7 nitrogen and oxygen atoms in total. The second-order valence-electron chi connectivity index (χ2n) is 17.9. The molecule has 0 bridgehead atoms. The average Bonchev–Trinajstić information content (AvgIpc) is 4.19. The molecule has 15 aromatic rings. The van der Waals surface area contributed by atoms with Gasteiger partial charge in [0.2, 0.25) is 0 Å². The van der Waals surface area contributed by atoms with E-state index in [4.69, 9.17) is 23.8 Å². The smallest absolute Gasteiger partial charge is 0.164 e. The van der Waals surface area contributed by atoms with Crippen LogP contribution in [-0.4, -0.2) is 24.1 Å². The van der Waals surface area contributed by atoms with Gasteiger partial charge < -0.3 is 18.0 Å². The molecule has 0 saturated carbocycles. The first-order valence-electron chi connectivity index (χ1n) is 23.5. The minimum atomic E-state index is 0.563. The van der Waals surface area contributed by atoms with Crippen LogP contribution in [0.25, 0.3) is 144 Å². The van der Waals surface area contributed by atoms with Gasteiger partial charge in [0.15, 0.2) is 17.5 Å². The van der Waals surface area contributed by atoms with Gasteiger partial charge in [0.05, 0.1) is 33.1 Å². The van der Waals surface area contributed by atoms with E-state index in [0.717, 1.165) is 116 Å². The van der Waals surface area contributed by atoms with Crippen LogP contribution in [0, 0.1) is 0 Å². The first kappa shape index (κ1) is 38.5. The van der Waals surface area contributed by atoms with Crippen molar-refractivity contribution in [3.63, 3.8) is 0 Å². The molecule has 0 unspecified atom stereocenters. The Bertz CT molecular complexity index is 4540. The van der Waals surface area contributed by atoms with Gasteiger partial charge >= 0.3 is 0 Å². The fraction of sp³-hybridized carbons (Fsp3) is 0. The van der Waals surface area contributed by atoms with Crippen LogP contribution < -0.4 is 0 Å². The topological polar surface area (TPSA) is 74.8 Å². The Kier molecular flexibility index (Phi) is 8.23. The number of fused-ring (bicyclic) bond motifs is 12. The molecular weight excluding hydrogens is 859 g/mol. The van der Waals surface area contributed by atoms with Gasteiger partial charge in [-0.25, -0.2) is 15.0 Å². The Hall–Kier alpha value is -9.59. The van der Waals surface area contributed by atoms with Crippen LogP contribution in [0.3, 0.4) is 0 Å². The summed E-state index contributed by atoms with van der Waals surface area (Å²) in [6, 6.07) is 78.4. The quantitative estimate of drug-likeness (QED) is 0.166. The van der Waals surface area contributed by atoms with Crippen LogP contribution in [0.2, 0.25) is 0 Å². The van der Waals surface area contributed by atoms with Crippen molar-refractivity contribution in [3.05, 3.63) is 224 Å². The maximum Gasteiger partial charge on any atom is 0.164 e. The fourth-order valence-corrected chi connectivity index (χ4v) is 10.9. The molecule has 70 heavy (non-hydrogen) atoms. The predicted octanol–water partition coefficient (Wildman–Crippen LogP) is 16.5. The van der Waals surface area contributed by atoms with Crippen LogP contribution in [-0.2, 0) is 0 Å². The summed E-state index contributed by atoms with van der Waals surface area (Å²) in [6.07, 6.45) is 0. The minimum Gasteiger partial charge on any atom is -0.456 e. The molecule has 5 heterocycles. The van der Waals surface area contributed by atoms with Crippen LogP contribution in [0.5, 0.6) is 0 Å². The van der Waals surface area contributed by atoms with Gasteiger partial charge in [-0.2, -0.15) is 0 Å². The van der Waals surface area contributed by atoms with Gasteiger partial charge in [-0.3, -0.25) is 0 Å². The monoisotopic (exact) mass is 895 g/mol. The standard InChI is InChI=1S/C63H37N5O2/c1-3-16-38(17-4-1)61-64-62(40-32-34-52-47(37-40)45-22-9-10-25-49(45)67(52)41-18-5-2-6-19-41)66-63(65-61)46-24-14-29-55-58(46)48-36-39(33-35-54(48)69-55)42-23-13-30-56-59(42)60-53(28-15-31-57(60)70-56)68-50-26-11-7-20-43(50)44-21-8-12-27-51(44)68/h1-37H. The summed E-state index contributed by atoms with van der Waals surface area (Å²) < 4.78 is 18.1. The van der Waals surface area contributed by atoms with E-state index in [1.54, 1.807) is 0 Å². The summed E-state index contributed by atoms with van der Waals surface area (Å²) >= 11 is 0. The van der Waals surface area contributed by atoms with E-state index in [0.29, 0.717) is 17.5 Å². The third-order valence-electron chi connectivity index (χ3n) is 14.0. The zero-order chi connectivity index (χ0) is 45.9. The molecule has 0 atom stereocenters. The van der Waals surface area contributed by atoms with Crippen molar-refractivity contribution in [2.45, 2.75) is 0 Å². The van der Waals surface area contributed by atoms with Crippen LogP contribution in [0.1, 0.15) is 0 Å². The van der Waals surface area contributed by atoms with Gasteiger partial charge in [0.1, 0.15) is 22.3 Å². The second kappa shape index (κ2) is 15.0. The second-order valence-corrected chi connectivity index (χ2v) is 17.9. The van der Waals surface area contributed by atoms with E-state index >= 15 is 0 Å². The van der Waals surface area contributed by atoms with Crippen molar-refractivity contribution >= 4 is 87.5 Å². The number of hydrogen-bond donors (Lipinski definition) is 0. The number of para-hydroxylation sites is 4. The van der Waals surface area contributed by atoms with E-state index in [1.807, 2.05) is 42.5 Å². The third kappa shape index (κ3) is 5.72. The average molecular weight is 896 g/mol. The molecule has 0 saturated heterocycles. The zero-order valence-corrected chi connectivity index (χ0v) is 37.4. The first-order valence-corrected chi connectivity index (χ1v) is 23.5. The third-order valence-corrected chi connectivity index (χ3v) is 14.0. The summed E-state index contributed by atoms with van der Waals surface area (Å²) in [5.41, 5.74) is 14.7. The Balaban J connectivity index is 0.930. The first-order chi connectivity index (χ1) is 34.7. The van der Waals surface area contributed by atoms with E-state index in [9.17, 15) is 0 Å². The Morgan fingerprint density at radius 1 is 0.286 bits per heavy atom. The number of furan rings is 2. The highest BCUT2D eigenvalue weighted by Crippen LogP contribution is 2.45. The highest BCUT2D eigenvalue weighted by atomic mass is 16.3. The molecule has 0 amide bonds. The molecule has 0 spiro atoms. The van der Waals surface area contributed by atoms with Crippen molar-refractivity contribution in [1.29, 1.82) is 0 Å². The largest absolute Gasteiger partial charge is 0.456 e. The molecule has 5 aromatic heterocycles. The molecule has 0 aliphatic heterocycles. The normalized spacial score (nSPS) is 12.0. The van der Waals surface area contributed by atoms with Gasteiger partial charge in [0.25, 0.3) is 0 Å². The lowest BCUT2D eigenvalue weighted by Crippen LogP contribution is -2.00. The van der Waals surface area contributed by atoms with E-state index < -0.39 is 0 Å². The molecule has 0 radical (unpaired) electrons. The predicted molar refractivity (Wildman–Crippen MR) is 285 cm³/mol. The van der Waals surface area contributed by atoms with E-state index in [-0.39, 0.29) is 0 Å². The lowest BCUT2D eigenvalue weighted by molar-refractivity contribution is 0.668. The Morgan fingerprint density at radius 2 is 0.800 bits per heavy atom. The van der Waals surface area contributed by atoms with Crippen molar-refractivity contribution in [3.8, 4) is 56.7 Å². The number of nitrogens with zero attached hydrogens (tertiary/aromatic N) is 5. The molecular formula is C63H37N5O2. The van der Waals surface area contributed by atoms with E-state index in [2.05, 4.69) is 191 Å².